The number of rotatable bonds is 8. The molecule has 0 heterocycles. The van der Waals surface area contributed by atoms with E-state index >= 15 is 0 Å². The van der Waals surface area contributed by atoms with Crippen LogP contribution in [0.15, 0.2) is 12.7 Å². The van der Waals surface area contributed by atoms with Gasteiger partial charge in [0.05, 0.1) is 13.2 Å². The third-order valence-electron chi connectivity index (χ3n) is 4.09. The molecule has 20 heavy (non-hydrogen) atoms. The van der Waals surface area contributed by atoms with Crippen molar-refractivity contribution in [3.8, 4) is 0 Å². The second kappa shape index (κ2) is 8.04. The number of carboxylic acids is 1. The SMILES string of the molecule is C=CCOCC(NC(=O)C1(CC)CCCCC1)C(=O)O. The Morgan fingerprint density at radius 3 is 2.55 bits per heavy atom. The Bertz CT molecular complexity index is 348. The molecule has 1 aliphatic rings. The van der Waals surface area contributed by atoms with Gasteiger partial charge in [-0.2, -0.15) is 0 Å². The highest BCUT2D eigenvalue weighted by Gasteiger charge is 2.39. The van der Waals surface area contributed by atoms with Gasteiger partial charge in [-0.3, -0.25) is 4.79 Å². The van der Waals surface area contributed by atoms with Crippen molar-refractivity contribution >= 4 is 11.9 Å². The van der Waals surface area contributed by atoms with E-state index in [9.17, 15) is 9.59 Å². The van der Waals surface area contributed by atoms with E-state index in [-0.39, 0.29) is 19.1 Å². The predicted molar refractivity (Wildman–Crippen MR) is 76.4 cm³/mol. The number of carbonyl (C=O) groups is 2. The Kier molecular flexibility index (Phi) is 6.71. The van der Waals surface area contributed by atoms with E-state index in [0.29, 0.717) is 0 Å². The lowest BCUT2D eigenvalue weighted by atomic mass is 9.71. The lowest BCUT2D eigenvalue weighted by Gasteiger charge is -2.35. The number of carboxylic acid groups (broad SMARTS) is 1. The van der Waals surface area contributed by atoms with Crippen LogP contribution in [-0.4, -0.2) is 36.2 Å². The van der Waals surface area contributed by atoms with Gasteiger partial charge in [-0.25, -0.2) is 4.79 Å². The molecule has 1 saturated carbocycles. The average Bonchev–Trinajstić information content (AvgIpc) is 2.46. The van der Waals surface area contributed by atoms with Crippen molar-refractivity contribution in [2.45, 2.75) is 51.5 Å². The molecule has 1 amide bonds. The number of hydrogen-bond donors (Lipinski definition) is 2. The van der Waals surface area contributed by atoms with Crippen LogP contribution in [0.1, 0.15) is 45.4 Å². The zero-order valence-electron chi connectivity index (χ0n) is 12.2. The Balaban J connectivity index is 2.63. The molecular formula is C15H25NO4. The molecule has 1 unspecified atom stereocenters. The first-order valence-electron chi connectivity index (χ1n) is 7.28. The monoisotopic (exact) mass is 283 g/mol. The molecule has 0 bridgehead atoms. The molecule has 5 heteroatoms. The van der Waals surface area contributed by atoms with E-state index in [4.69, 9.17) is 9.84 Å². The fourth-order valence-electron chi connectivity index (χ4n) is 2.72. The predicted octanol–water partition coefficient (Wildman–Crippen LogP) is 2.12. The minimum atomic E-state index is -1.07. The molecule has 0 aromatic heterocycles. The summed E-state index contributed by atoms with van der Waals surface area (Å²) in [7, 11) is 0. The van der Waals surface area contributed by atoms with Gasteiger partial charge in [-0.05, 0) is 19.3 Å². The molecule has 0 aliphatic heterocycles. The fourth-order valence-corrected chi connectivity index (χ4v) is 2.72. The molecule has 1 aliphatic carbocycles. The third kappa shape index (κ3) is 4.34. The van der Waals surface area contributed by atoms with Gasteiger partial charge in [0.1, 0.15) is 0 Å². The van der Waals surface area contributed by atoms with Crippen LogP contribution in [0, 0.1) is 5.41 Å². The summed E-state index contributed by atoms with van der Waals surface area (Å²) in [6.07, 6.45) is 7.20. The largest absolute Gasteiger partial charge is 0.480 e. The number of nitrogens with one attached hydrogen (secondary N) is 1. The molecule has 114 valence electrons. The standard InChI is InChI=1S/C15H25NO4/c1-3-10-20-11-12(13(17)18)16-14(19)15(4-2)8-6-5-7-9-15/h3,12H,1,4-11H2,2H3,(H,16,19)(H,17,18). The molecule has 0 saturated heterocycles. The summed E-state index contributed by atoms with van der Waals surface area (Å²) >= 11 is 0. The van der Waals surface area contributed by atoms with Crippen molar-refractivity contribution in [2.24, 2.45) is 5.41 Å². The minimum absolute atomic E-state index is 0.0348. The second-order valence-electron chi connectivity index (χ2n) is 5.38. The number of carbonyl (C=O) groups excluding carboxylic acids is 1. The van der Waals surface area contributed by atoms with E-state index in [1.54, 1.807) is 6.08 Å². The highest BCUT2D eigenvalue weighted by molar-refractivity contribution is 5.87. The molecule has 0 radical (unpaired) electrons. The van der Waals surface area contributed by atoms with Crippen molar-refractivity contribution < 1.29 is 19.4 Å². The summed E-state index contributed by atoms with van der Waals surface area (Å²) in [6.45, 7) is 5.74. The van der Waals surface area contributed by atoms with Crippen LogP contribution in [0.3, 0.4) is 0 Å². The van der Waals surface area contributed by atoms with Gasteiger partial charge in [-0.1, -0.05) is 32.3 Å². The maximum atomic E-state index is 12.4. The summed E-state index contributed by atoms with van der Waals surface area (Å²) in [4.78, 5) is 23.6. The zero-order valence-corrected chi connectivity index (χ0v) is 12.2. The first-order valence-corrected chi connectivity index (χ1v) is 7.28. The summed E-state index contributed by atoms with van der Waals surface area (Å²) in [5.41, 5.74) is -0.398. The molecule has 5 nitrogen and oxygen atoms in total. The highest BCUT2D eigenvalue weighted by Crippen LogP contribution is 2.39. The van der Waals surface area contributed by atoms with E-state index in [2.05, 4.69) is 11.9 Å². The minimum Gasteiger partial charge on any atom is -0.480 e. The smallest absolute Gasteiger partial charge is 0.328 e. The molecule has 0 aromatic carbocycles. The van der Waals surface area contributed by atoms with E-state index < -0.39 is 17.4 Å². The van der Waals surface area contributed by atoms with E-state index in [1.807, 2.05) is 6.92 Å². The van der Waals surface area contributed by atoms with Crippen molar-refractivity contribution in [1.82, 2.24) is 5.32 Å². The fraction of sp³-hybridized carbons (Fsp3) is 0.733. The van der Waals surface area contributed by atoms with Crippen LogP contribution in [0.4, 0.5) is 0 Å². The summed E-state index contributed by atoms with van der Waals surface area (Å²) < 4.78 is 5.15. The molecule has 1 fully saturated rings. The Morgan fingerprint density at radius 2 is 2.05 bits per heavy atom. The van der Waals surface area contributed by atoms with Gasteiger partial charge in [0.2, 0.25) is 5.91 Å². The molecule has 0 aromatic rings. The van der Waals surface area contributed by atoms with Gasteiger partial charge < -0.3 is 15.2 Å². The molecule has 0 spiro atoms. The topological polar surface area (TPSA) is 75.6 Å². The van der Waals surface area contributed by atoms with Crippen LogP contribution in [0.2, 0.25) is 0 Å². The average molecular weight is 283 g/mol. The first kappa shape index (κ1) is 16.7. The van der Waals surface area contributed by atoms with Gasteiger partial charge >= 0.3 is 5.97 Å². The van der Waals surface area contributed by atoms with Crippen molar-refractivity contribution in [3.05, 3.63) is 12.7 Å². The highest BCUT2D eigenvalue weighted by atomic mass is 16.5. The maximum absolute atomic E-state index is 12.4. The van der Waals surface area contributed by atoms with E-state index in [1.165, 1.54) is 0 Å². The van der Waals surface area contributed by atoms with Crippen LogP contribution < -0.4 is 5.32 Å². The quantitative estimate of drug-likeness (QED) is 0.528. The van der Waals surface area contributed by atoms with Crippen LogP contribution in [0.25, 0.3) is 0 Å². The van der Waals surface area contributed by atoms with Crippen molar-refractivity contribution in [1.29, 1.82) is 0 Å². The van der Waals surface area contributed by atoms with Crippen molar-refractivity contribution in [3.63, 3.8) is 0 Å². The lowest BCUT2D eigenvalue weighted by Crippen LogP contribution is -2.51. The summed E-state index contributed by atoms with van der Waals surface area (Å²) in [5, 5.41) is 11.8. The maximum Gasteiger partial charge on any atom is 0.328 e. The molecule has 2 N–H and O–H groups in total. The Morgan fingerprint density at radius 1 is 1.40 bits per heavy atom. The first-order chi connectivity index (χ1) is 9.55. The number of amides is 1. The van der Waals surface area contributed by atoms with Crippen molar-refractivity contribution in [2.75, 3.05) is 13.2 Å². The van der Waals surface area contributed by atoms with E-state index in [0.717, 1.165) is 38.5 Å². The summed E-state index contributed by atoms with van der Waals surface area (Å²) in [6, 6.07) is -0.993. The van der Waals surface area contributed by atoms with Crippen LogP contribution in [0.5, 0.6) is 0 Å². The number of hydrogen-bond acceptors (Lipinski definition) is 3. The molecule has 1 atom stereocenters. The van der Waals surface area contributed by atoms with Gasteiger partial charge in [0.25, 0.3) is 0 Å². The normalized spacial score (nSPS) is 19.1. The Hall–Kier alpha value is -1.36. The number of aliphatic carboxylic acids is 1. The lowest BCUT2D eigenvalue weighted by molar-refractivity contribution is -0.146. The third-order valence-corrected chi connectivity index (χ3v) is 4.09. The van der Waals surface area contributed by atoms with Crippen LogP contribution in [-0.2, 0) is 14.3 Å². The molecule has 1 rings (SSSR count). The van der Waals surface area contributed by atoms with Gasteiger partial charge in [-0.15, -0.1) is 6.58 Å². The molecular weight excluding hydrogens is 258 g/mol. The Labute approximate surface area is 120 Å². The zero-order chi connectivity index (χ0) is 15.0. The summed E-state index contributed by atoms with van der Waals surface area (Å²) in [5.74, 6) is -1.21. The number of ether oxygens (including phenoxy) is 1. The van der Waals surface area contributed by atoms with Crippen LogP contribution >= 0.6 is 0 Å². The second-order valence-corrected chi connectivity index (χ2v) is 5.38. The van der Waals surface area contributed by atoms with Gasteiger partial charge in [0, 0.05) is 5.41 Å². The van der Waals surface area contributed by atoms with Gasteiger partial charge in [0.15, 0.2) is 6.04 Å².